The summed E-state index contributed by atoms with van der Waals surface area (Å²) >= 11 is 0. The van der Waals surface area contributed by atoms with E-state index in [1.54, 1.807) is 0 Å². The minimum absolute atomic E-state index is 0.0340. The second-order valence-corrected chi connectivity index (χ2v) is 6.92. The number of carbonyl (C=O) groups is 1. The average Bonchev–Trinajstić information content (AvgIpc) is 2.86. The first-order valence-corrected chi connectivity index (χ1v) is 7.53. The summed E-state index contributed by atoms with van der Waals surface area (Å²) in [6, 6.07) is 8.36. The molecule has 5 heteroatoms. The lowest BCUT2D eigenvalue weighted by Gasteiger charge is -2.18. The van der Waals surface area contributed by atoms with E-state index in [4.69, 9.17) is 9.63 Å². The van der Waals surface area contributed by atoms with Gasteiger partial charge in [0.15, 0.2) is 5.82 Å². The number of rotatable bonds is 6. The number of carboxylic acid groups (broad SMARTS) is 1. The molecule has 0 aliphatic rings. The largest absolute Gasteiger partial charge is 0.478 e. The Balaban J connectivity index is 1.98. The molecule has 0 amide bonds. The minimum atomic E-state index is -1.06. The summed E-state index contributed by atoms with van der Waals surface area (Å²) < 4.78 is 5.06. The topological polar surface area (TPSA) is 76.2 Å². The van der Waals surface area contributed by atoms with Crippen LogP contribution < -0.4 is 0 Å². The van der Waals surface area contributed by atoms with Crippen molar-refractivity contribution in [1.29, 1.82) is 0 Å². The molecule has 122 valence electrons. The van der Waals surface area contributed by atoms with Gasteiger partial charge in [0.1, 0.15) is 0 Å². The number of aromatic nitrogens is 2. The van der Waals surface area contributed by atoms with E-state index < -0.39 is 5.97 Å². The number of nitrogens with zero attached hydrogens (tertiary/aromatic N) is 2. The second-order valence-electron chi connectivity index (χ2n) is 6.92. The molecule has 0 unspecified atom stereocenters. The van der Waals surface area contributed by atoms with Crippen molar-refractivity contribution in [2.75, 3.05) is 0 Å². The van der Waals surface area contributed by atoms with Crippen LogP contribution in [0.15, 0.2) is 40.9 Å². The fraction of sp³-hybridized carbons (Fsp3) is 0.389. The Hall–Kier alpha value is -2.43. The van der Waals surface area contributed by atoms with Crippen molar-refractivity contribution >= 4 is 5.97 Å². The van der Waals surface area contributed by atoms with Gasteiger partial charge in [0, 0.05) is 12.0 Å². The van der Waals surface area contributed by atoms with E-state index in [9.17, 15) is 4.79 Å². The van der Waals surface area contributed by atoms with E-state index in [0.717, 1.165) is 12.0 Å². The maximum absolute atomic E-state index is 10.7. The van der Waals surface area contributed by atoms with Crippen molar-refractivity contribution in [3.8, 4) is 0 Å². The van der Waals surface area contributed by atoms with E-state index in [-0.39, 0.29) is 23.3 Å². The standard InChI is InChI=1S/C18H22N2O3/c1-12(17(21)22)9-16-19-15(20-23-16)10-13-5-7-14(8-6-13)11-18(2,3)4/h5-8H,1,9-11H2,2-4H3,(H,21,22). The van der Waals surface area contributed by atoms with Gasteiger partial charge >= 0.3 is 5.97 Å². The first-order valence-electron chi connectivity index (χ1n) is 7.53. The number of hydrogen-bond donors (Lipinski definition) is 1. The molecule has 0 bridgehead atoms. The summed E-state index contributed by atoms with van der Waals surface area (Å²) in [5.74, 6) is -0.238. The average molecular weight is 314 g/mol. The van der Waals surface area contributed by atoms with E-state index in [1.807, 2.05) is 0 Å². The zero-order valence-electron chi connectivity index (χ0n) is 13.8. The number of benzene rings is 1. The molecule has 0 saturated heterocycles. The zero-order chi connectivity index (χ0) is 17.0. The highest BCUT2D eigenvalue weighted by molar-refractivity contribution is 5.86. The molecule has 0 aliphatic carbocycles. The number of carboxylic acids is 1. The molecule has 23 heavy (non-hydrogen) atoms. The van der Waals surface area contributed by atoms with Gasteiger partial charge in [-0.3, -0.25) is 0 Å². The summed E-state index contributed by atoms with van der Waals surface area (Å²) in [6.07, 6.45) is 1.64. The van der Waals surface area contributed by atoms with Crippen LogP contribution in [0.3, 0.4) is 0 Å². The minimum Gasteiger partial charge on any atom is -0.478 e. The van der Waals surface area contributed by atoms with Crippen molar-refractivity contribution in [1.82, 2.24) is 10.1 Å². The lowest BCUT2D eigenvalue weighted by atomic mass is 9.88. The Bertz CT molecular complexity index is 694. The molecule has 0 spiro atoms. The van der Waals surface area contributed by atoms with Gasteiger partial charge in [-0.25, -0.2) is 4.79 Å². The van der Waals surface area contributed by atoms with Crippen LogP contribution in [0.1, 0.15) is 43.6 Å². The van der Waals surface area contributed by atoms with Crippen molar-refractivity contribution in [2.45, 2.75) is 40.0 Å². The van der Waals surface area contributed by atoms with Crippen molar-refractivity contribution < 1.29 is 14.4 Å². The van der Waals surface area contributed by atoms with Crippen molar-refractivity contribution in [2.24, 2.45) is 5.41 Å². The fourth-order valence-electron chi connectivity index (χ4n) is 2.26. The van der Waals surface area contributed by atoms with Crippen LogP contribution in [0.5, 0.6) is 0 Å². The Morgan fingerprint density at radius 1 is 1.22 bits per heavy atom. The van der Waals surface area contributed by atoms with E-state index in [1.165, 1.54) is 5.56 Å². The van der Waals surface area contributed by atoms with Crippen LogP contribution in [-0.4, -0.2) is 21.2 Å². The number of hydrogen-bond acceptors (Lipinski definition) is 4. The van der Waals surface area contributed by atoms with Gasteiger partial charge in [-0.05, 0) is 23.0 Å². The molecule has 1 N–H and O–H groups in total. The number of aliphatic carboxylic acids is 1. The molecular weight excluding hydrogens is 292 g/mol. The van der Waals surface area contributed by atoms with Gasteiger partial charge in [-0.15, -0.1) is 0 Å². The highest BCUT2D eigenvalue weighted by Gasteiger charge is 2.13. The fourth-order valence-corrected chi connectivity index (χ4v) is 2.26. The van der Waals surface area contributed by atoms with Crippen molar-refractivity contribution in [3.63, 3.8) is 0 Å². The molecule has 1 aromatic carbocycles. The molecule has 1 heterocycles. The Kier molecular flexibility index (Phi) is 4.98. The summed E-state index contributed by atoms with van der Waals surface area (Å²) in [6.45, 7) is 10.1. The lowest BCUT2D eigenvalue weighted by Crippen LogP contribution is -2.09. The summed E-state index contributed by atoms with van der Waals surface area (Å²) in [7, 11) is 0. The molecule has 5 nitrogen and oxygen atoms in total. The van der Waals surface area contributed by atoms with E-state index in [0.29, 0.717) is 12.2 Å². The molecule has 0 fully saturated rings. The normalized spacial score (nSPS) is 11.4. The van der Waals surface area contributed by atoms with Gasteiger partial charge in [-0.1, -0.05) is 56.8 Å². The van der Waals surface area contributed by atoms with Crippen LogP contribution in [0, 0.1) is 5.41 Å². The van der Waals surface area contributed by atoms with Crippen molar-refractivity contribution in [3.05, 3.63) is 59.3 Å². The third-order valence-electron chi connectivity index (χ3n) is 3.30. The van der Waals surface area contributed by atoms with Gasteiger partial charge in [0.05, 0.1) is 6.42 Å². The monoisotopic (exact) mass is 314 g/mol. The predicted octanol–water partition coefficient (Wildman–Crippen LogP) is 3.43. The second kappa shape index (κ2) is 6.77. The third-order valence-corrected chi connectivity index (χ3v) is 3.30. The smallest absolute Gasteiger partial charge is 0.331 e. The molecule has 0 aliphatic heterocycles. The maximum Gasteiger partial charge on any atom is 0.331 e. The van der Waals surface area contributed by atoms with Crippen LogP contribution in [0.4, 0.5) is 0 Å². The zero-order valence-corrected chi connectivity index (χ0v) is 13.8. The lowest BCUT2D eigenvalue weighted by molar-refractivity contribution is -0.132. The van der Waals surface area contributed by atoms with Crippen LogP contribution in [0.25, 0.3) is 0 Å². The van der Waals surface area contributed by atoms with Gasteiger partial charge in [0.25, 0.3) is 0 Å². The van der Waals surface area contributed by atoms with E-state index >= 15 is 0 Å². The quantitative estimate of drug-likeness (QED) is 0.827. The van der Waals surface area contributed by atoms with Gasteiger partial charge < -0.3 is 9.63 Å². The SMILES string of the molecule is C=C(Cc1nc(Cc2ccc(CC(C)(C)C)cc2)no1)C(=O)O. The highest BCUT2D eigenvalue weighted by Crippen LogP contribution is 2.21. The molecule has 1 aromatic heterocycles. The van der Waals surface area contributed by atoms with Crippen LogP contribution in [0.2, 0.25) is 0 Å². The summed E-state index contributed by atoms with van der Waals surface area (Å²) in [5.41, 5.74) is 2.68. The van der Waals surface area contributed by atoms with Gasteiger partial charge in [0.2, 0.25) is 5.89 Å². The molecule has 0 saturated carbocycles. The van der Waals surface area contributed by atoms with Gasteiger partial charge in [-0.2, -0.15) is 4.98 Å². The highest BCUT2D eigenvalue weighted by atomic mass is 16.5. The molecule has 2 aromatic rings. The van der Waals surface area contributed by atoms with Crippen LogP contribution in [-0.2, 0) is 24.1 Å². The van der Waals surface area contributed by atoms with Crippen LogP contribution >= 0.6 is 0 Å². The first kappa shape index (κ1) is 16.9. The Labute approximate surface area is 136 Å². The summed E-state index contributed by atoms with van der Waals surface area (Å²) in [4.78, 5) is 15.0. The summed E-state index contributed by atoms with van der Waals surface area (Å²) in [5, 5.41) is 12.7. The van der Waals surface area contributed by atoms with E-state index in [2.05, 4.69) is 61.8 Å². The Morgan fingerprint density at radius 3 is 2.39 bits per heavy atom. The maximum atomic E-state index is 10.7. The Morgan fingerprint density at radius 2 is 1.83 bits per heavy atom. The third kappa shape index (κ3) is 5.36. The molecule has 2 rings (SSSR count). The predicted molar refractivity (Wildman–Crippen MR) is 87.2 cm³/mol. The molecule has 0 radical (unpaired) electrons. The molecule has 0 atom stereocenters. The molecular formula is C18H22N2O3. The first-order chi connectivity index (χ1) is 10.7.